The van der Waals surface area contributed by atoms with Crippen molar-refractivity contribution in [2.75, 3.05) is 14.1 Å². The van der Waals surface area contributed by atoms with Crippen molar-refractivity contribution >= 4 is 11.6 Å². The first-order chi connectivity index (χ1) is 7.58. The summed E-state index contributed by atoms with van der Waals surface area (Å²) in [7, 11) is 3.98. The largest absolute Gasteiger partial charge is 0.364 e. The Hall–Kier alpha value is -1.88. The van der Waals surface area contributed by atoms with Crippen LogP contribution in [0.5, 0.6) is 0 Å². The third kappa shape index (κ3) is 1.90. The monoisotopic (exact) mass is 218 g/mol. The van der Waals surface area contributed by atoms with Crippen LogP contribution in [0.2, 0.25) is 0 Å². The summed E-state index contributed by atoms with van der Waals surface area (Å²) in [6.45, 7) is 0.784. The third-order valence-corrected chi connectivity index (χ3v) is 2.31. The first-order valence-electron chi connectivity index (χ1n) is 4.99. The van der Waals surface area contributed by atoms with Crippen LogP contribution in [-0.2, 0) is 6.54 Å². The van der Waals surface area contributed by atoms with E-state index >= 15 is 0 Å². The van der Waals surface area contributed by atoms with E-state index in [1.54, 1.807) is 6.20 Å². The van der Waals surface area contributed by atoms with E-state index in [4.69, 9.17) is 5.73 Å². The van der Waals surface area contributed by atoms with Crippen molar-refractivity contribution in [3.8, 4) is 0 Å². The van der Waals surface area contributed by atoms with Gasteiger partial charge in [-0.25, -0.2) is 4.98 Å². The molecule has 2 heterocycles. The highest BCUT2D eigenvalue weighted by atomic mass is 16.1. The predicted molar refractivity (Wildman–Crippen MR) is 61.1 cm³/mol. The predicted octanol–water partition coefficient (Wildman–Crippen LogP) is 0.495. The Kier molecular flexibility index (Phi) is 2.62. The van der Waals surface area contributed by atoms with Crippen molar-refractivity contribution in [2.24, 2.45) is 5.73 Å². The Bertz CT molecular complexity index is 530. The molecule has 5 nitrogen and oxygen atoms in total. The smallest absolute Gasteiger partial charge is 0.268 e. The summed E-state index contributed by atoms with van der Waals surface area (Å²) < 4.78 is 1.89. The molecule has 0 spiro atoms. The van der Waals surface area contributed by atoms with E-state index in [0.717, 1.165) is 17.9 Å². The number of carbonyl (C=O) groups is 1. The maximum absolute atomic E-state index is 11.0. The molecule has 0 aliphatic heterocycles. The number of aromatic nitrogens is 2. The fraction of sp³-hybridized carbons (Fsp3) is 0.273. The number of carbonyl (C=O) groups excluding carboxylic acids is 1. The fourth-order valence-corrected chi connectivity index (χ4v) is 1.64. The summed E-state index contributed by atoms with van der Waals surface area (Å²) in [4.78, 5) is 17.2. The normalized spacial score (nSPS) is 11.2. The minimum absolute atomic E-state index is 0.297. The zero-order valence-electron chi connectivity index (χ0n) is 9.34. The van der Waals surface area contributed by atoms with Crippen LogP contribution in [0.4, 0.5) is 0 Å². The van der Waals surface area contributed by atoms with Gasteiger partial charge in [-0.05, 0) is 26.2 Å². The van der Waals surface area contributed by atoms with Crippen molar-refractivity contribution in [3.05, 3.63) is 35.8 Å². The minimum atomic E-state index is -0.500. The second kappa shape index (κ2) is 3.94. The molecule has 1 amide bonds. The summed E-state index contributed by atoms with van der Waals surface area (Å²) >= 11 is 0. The van der Waals surface area contributed by atoms with Gasteiger partial charge < -0.3 is 15.0 Å². The van der Waals surface area contributed by atoms with Crippen molar-refractivity contribution < 1.29 is 4.79 Å². The van der Waals surface area contributed by atoms with Gasteiger partial charge in [0.25, 0.3) is 5.91 Å². The summed E-state index contributed by atoms with van der Waals surface area (Å²) in [5.41, 5.74) is 7.32. The lowest BCUT2D eigenvalue weighted by atomic mass is 10.3. The molecule has 0 saturated heterocycles. The van der Waals surface area contributed by atoms with Gasteiger partial charge in [-0.2, -0.15) is 0 Å². The van der Waals surface area contributed by atoms with E-state index in [2.05, 4.69) is 9.88 Å². The van der Waals surface area contributed by atoms with Crippen LogP contribution < -0.4 is 5.73 Å². The average molecular weight is 218 g/mol. The molecule has 0 radical (unpaired) electrons. The van der Waals surface area contributed by atoms with Crippen molar-refractivity contribution in [2.45, 2.75) is 6.54 Å². The Balaban J connectivity index is 2.54. The van der Waals surface area contributed by atoms with Crippen LogP contribution in [0, 0.1) is 0 Å². The van der Waals surface area contributed by atoms with E-state index in [1.165, 1.54) is 0 Å². The van der Waals surface area contributed by atoms with Gasteiger partial charge in [0.1, 0.15) is 11.3 Å². The van der Waals surface area contributed by atoms with E-state index in [-0.39, 0.29) is 0 Å². The van der Waals surface area contributed by atoms with Crippen LogP contribution in [0.3, 0.4) is 0 Å². The maximum Gasteiger partial charge on any atom is 0.268 e. The number of amides is 1. The highest BCUT2D eigenvalue weighted by Crippen LogP contribution is 2.10. The lowest BCUT2D eigenvalue weighted by Gasteiger charge is -2.10. The zero-order chi connectivity index (χ0) is 11.7. The highest BCUT2D eigenvalue weighted by molar-refractivity contribution is 5.91. The number of pyridine rings is 1. The van der Waals surface area contributed by atoms with Crippen molar-refractivity contribution in [1.82, 2.24) is 14.3 Å². The molecular formula is C11H14N4O. The van der Waals surface area contributed by atoms with E-state index in [0.29, 0.717) is 5.69 Å². The first kappa shape index (κ1) is 10.6. The SMILES string of the molecule is CN(C)Cc1cccc2nc(C(N)=O)cn12. The second-order valence-corrected chi connectivity index (χ2v) is 3.97. The third-order valence-electron chi connectivity index (χ3n) is 2.31. The highest BCUT2D eigenvalue weighted by Gasteiger charge is 2.09. The number of nitrogens with zero attached hydrogens (tertiary/aromatic N) is 3. The van der Waals surface area contributed by atoms with Gasteiger partial charge in [0.05, 0.1) is 0 Å². The number of hydrogen-bond donors (Lipinski definition) is 1. The maximum atomic E-state index is 11.0. The molecule has 0 atom stereocenters. The molecule has 16 heavy (non-hydrogen) atoms. The lowest BCUT2D eigenvalue weighted by molar-refractivity contribution is 0.0996. The molecule has 0 bridgehead atoms. The molecule has 2 aromatic heterocycles. The molecule has 0 fully saturated rings. The number of rotatable bonds is 3. The van der Waals surface area contributed by atoms with Gasteiger partial charge in [0.15, 0.2) is 0 Å². The Morgan fingerprint density at radius 3 is 2.88 bits per heavy atom. The topological polar surface area (TPSA) is 63.6 Å². The number of primary amides is 1. The van der Waals surface area contributed by atoms with E-state index in [9.17, 15) is 4.79 Å². The van der Waals surface area contributed by atoms with Gasteiger partial charge in [0.2, 0.25) is 0 Å². The number of imidazole rings is 1. The molecule has 5 heteroatoms. The van der Waals surface area contributed by atoms with Gasteiger partial charge >= 0.3 is 0 Å². The summed E-state index contributed by atoms with van der Waals surface area (Å²) in [6.07, 6.45) is 1.68. The zero-order valence-corrected chi connectivity index (χ0v) is 9.34. The van der Waals surface area contributed by atoms with E-state index in [1.807, 2.05) is 36.7 Å². The fourth-order valence-electron chi connectivity index (χ4n) is 1.64. The quantitative estimate of drug-likeness (QED) is 0.815. The minimum Gasteiger partial charge on any atom is -0.364 e. The van der Waals surface area contributed by atoms with Gasteiger partial charge in [0, 0.05) is 18.4 Å². The van der Waals surface area contributed by atoms with Gasteiger partial charge in [-0.3, -0.25) is 4.79 Å². The average Bonchev–Trinajstić information content (AvgIpc) is 2.61. The number of fused-ring (bicyclic) bond motifs is 1. The van der Waals surface area contributed by atoms with Crippen molar-refractivity contribution in [3.63, 3.8) is 0 Å². The molecule has 0 aromatic carbocycles. The van der Waals surface area contributed by atoms with Gasteiger partial charge in [-0.1, -0.05) is 6.07 Å². The van der Waals surface area contributed by atoms with Crippen LogP contribution in [0.15, 0.2) is 24.4 Å². The Morgan fingerprint density at radius 1 is 1.50 bits per heavy atom. The van der Waals surface area contributed by atoms with Crippen LogP contribution >= 0.6 is 0 Å². The standard InChI is InChI=1S/C11H14N4O/c1-14(2)6-8-4-3-5-10-13-9(11(12)16)7-15(8)10/h3-5,7H,6H2,1-2H3,(H2,12,16). The van der Waals surface area contributed by atoms with Crippen LogP contribution in [-0.4, -0.2) is 34.3 Å². The molecule has 0 unspecified atom stereocenters. The molecular weight excluding hydrogens is 204 g/mol. The van der Waals surface area contributed by atoms with Gasteiger partial charge in [-0.15, -0.1) is 0 Å². The van der Waals surface area contributed by atoms with Crippen LogP contribution in [0.25, 0.3) is 5.65 Å². The molecule has 0 saturated carbocycles. The molecule has 2 rings (SSSR count). The lowest BCUT2D eigenvalue weighted by Crippen LogP contribution is -2.13. The Labute approximate surface area is 93.5 Å². The van der Waals surface area contributed by atoms with Crippen molar-refractivity contribution in [1.29, 1.82) is 0 Å². The van der Waals surface area contributed by atoms with Crippen LogP contribution in [0.1, 0.15) is 16.2 Å². The molecule has 2 aromatic rings. The molecule has 84 valence electrons. The summed E-state index contributed by atoms with van der Waals surface area (Å²) in [5, 5.41) is 0. The molecule has 0 aliphatic carbocycles. The molecule has 0 aliphatic rings. The Morgan fingerprint density at radius 2 is 2.25 bits per heavy atom. The van der Waals surface area contributed by atoms with E-state index < -0.39 is 5.91 Å². The summed E-state index contributed by atoms with van der Waals surface area (Å²) in [5.74, 6) is -0.500. The number of hydrogen-bond acceptors (Lipinski definition) is 3. The molecule has 2 N–H and O–H groups in total. The second-order valence-electron chi connectivity index (χ2n) is 3.97. The number of nitrogens with two attached hydrogens (primary N) is 1. The summed E-state index contributed by atoms with van der Waals surface area (Å²) in [6, 6.07) is 5.77. The first-order valence-corrected chi connectivity index (χ1v) is 4.99.